The molecule has 106 valence electrons. The predicted octanol–water partition coefficient (Wildman–Crippen LogP) is 1.10. The summed E-state index contributed by atoms with van der Waals surface area (Å²) in [5.74, 6) is -0.112. The molecule has 8 heteroatoms. The fraction of sp³-hybridized carbons (Fsp3) is 0.364. The summed E-state index contributed by atoms with van der Waals surface area (Å²) in [7, 11) is 1.43. The number of nitrogens with zero attached hydrogens (tertiary/aromatic N) is 1. The average Bonchev–Trinajstić information content (AvgIpc) is 2.38. The second kappa shape index (κ2) is 8.28. The predicted molar refractivity (Wildman–Crippen MR) is 72.9 cm³/mol. The smallest absolute Gasteiger partial charge is 0.282 e. The third-order valence-electron chi connectivity index (χ3n) is 2.31. The number of methoxy groups -OCH3 is 1. The van der Waals surface area contributed by atoms with Crippen LogP contribution >= 0.6 is 12.4 Å². The molecule has 0 radical (unpaired) electrons. The van der Waals surface area contributed by atoms with E-state index in [0.717, 1.165) is 0 Å². The van der Waals surface area contributed by atoms with Crippen LogP contribution in [0.3, 0.4) is 0 Å². The Morgan fingerprint density at radius 2 is 2.21 bits per heavy atom. The Morgan fingerprint density at radius 1 is 1.53 bits per heavy atom. The molecule has 0 atom stereocenters. The lowest BCUT2D eigenvalue weighted by Crippen LogP contribution is -2.26. The Balaban J connectivity index is 0.00000324. The Kier molecular flexibility index (Phi) is 7.47. The number of carbonyl (C=O) groups excluding carboxylic acids is 1. The van der Waals surface area contributed by atoms with Crippen molar-refractivity contribution in [3.05, 3.63) is 33.9 Å². The van der Waals surface area contributed by atoms with Gasteiger partial charge in [-0.2, -0.15) is 0 Å². The van der Waals surface area contributed by atoms with E-state index in [9.17, 15) is 14.9 Å². The van der Waals surface area contributed by atoms with Crippen molar-refractivity contribution in [1.29, 1.82) is 0 Å². The number of ether oxygens (including phenoxy) is 1. The monoisotopic (exact) mass is 289 g/mol. The largest absolute Gasteiger partial charge is 0.497 e. The highest BCUT2D eigenvalue weighted by Gasteiger charge is 2.20. The molecule has 0 bridgehead atoms. The fourth-order valence-corrected chi connectivity index (χ4v) is 1.38. The summed E-state index contributed by atoms with van der Waals surface area (Å²) in [6, 6.07) is 4.03. The summed E-state index contributed by atoms with van der Waals surface area (Å²) in [5, 5.41) is 13.4. The van der Waals surface area contributed by atoms with Crippen LogP contribution in [0.2, 0.25) is 0 Å². The number of amides is 1. The number of nitro benzene ring substituents is 1. The van der Waals surface area contributed by atoms with Crippen molar-refractivity contribution in [3.8, 4) is 5.75 Å². The van der Waals surface area contributed by atoms with Crippen LogP contribution in [0.1, 0.15) is 16.8 Å². The average molecular weight is 290 g/mol. The van der Waals surface area contributed by atoms with Gasteiger partial charge in [-0.15, -0.1) is 12.4 Å². The first-order valence-corrected chi connectivity index (χ1v) is 5.41. The highest BCUT2D eigenvalue weighted by Crippen LogP contribution is 2.23. The number of halogens is 1. The fourth-order valence-electron chi connectivity index (χ4n) is 1.38. The van der Waals surface area contributed by atoms with Crippen LogP contribution in [0, 0.1) is 10.1 Å². The summed E-state index contributed by atoms with van der Waals surface area (Å²) in [6.45, 7) is 0.824. The molecule has 1 aromatic rings. The van der Waals surface area contributed by atoms with Gasteiger partial charge in [0.2, 0.25) is 0 Å². The van der Waals surface area contributed by atoms with E-state index < -0.39 is 10.8 Å². The van der Waals surface area contributed by atoms with Crippen molar-refractivity contribution in [2.24, 2.45) is 5.73 Å². The molecule has 0 spiro atoms. The molecule has 0 aliphatic carbocycles. The third kappa shape index (κ3) is 4.72. The van der Waals surface area contributed by atoms with E-state index >= 15 is 0 Å². The van der Waals surface area contributed by atoms with Gasteiger partial charge in [0, 0.05) is 12.6 Å². The number of hydrogen-bond acceptors (Lipinski definition) is 5. The molecule has 0 saturated carbocycles. The van der Waals surface area contributed by atoms with Crippen LogP contribution in [0.15, 0.2) is 18.2 Å². The Hall–Kier alpha value is -1.86. The van der Waals surface area contributed by atoms with Crippen LogP contribution in [-0.4, -0.2) is 31.0 Å². The topological polar surface area (TPSA) is 107 Å². The van der Waals surface area contributed by atoms with E-state index in [4.69, 9.17) is 10.5 Å². The lowest BCUT2D eigenvalue weighted by atomic mass is 10.1. The van der Waals surface area contributed by atoms with Crippen molar-refractivity contribution in [2.75, 3.05) is 20.2 Å². The van der Waals surface area contributed by atoms with E-state index in [-0.39, 0.29) is 23.7 Å². The Labute approximate surface area is 116 Å². The molecular formula is C11H16ClN3O4. The first kappa shape index (κ1) is 17.1. The van der Waals surface area contributed by atoms with Gasteiger partial charge in [0.25, 0.3) is 11.6 Å². The third-order valence-corrected chi connectivity index (χ3v) is 2.31. The van der Waals surface area contributed by atoms with Gasteiger partial charge in [-0.3, -0.25) is 14.9 Å². The summed E-state index contributed by atoms with van der Waals surface area (Å²) in [6.07, 6.45) is 0.615. The standard InChI is InChI=1S/C11H15N3O4.ClH/c1-18-8-3-4-10(14(16)17)9(7-8)11(15)13-6-2-5-12;/h3-4,7H,2,5-6,12H2,1H3,(H,13,15);1H. The van der Waals surface area contributed by atoms with Crippen LogP contribution in [0.5, 0.6) is 5.75 Å². The summed E-state index contributed by atoms with van der Waals surface area (Å²) in [4.78, 5) is 22.0. The van der Waals surface area contributed by atoms with E-state index in [0.29, 0.717) is 25.3 Å². The maximum atomic E-state index is 11.8. The lowest BCUT2D eigenvalue weighted by Gasteiger charge is -2.06. The van der Waals surface area contributed by atoms with Gasteiger partial charge in [0.15, 0.2) is 0 Å². The number of benzene rings is 1. The molecule has 0 aliphatic heterocycles. The normalized spacial score (nSPS) is 9.37. The van der Waals surface area contributed by atoms with Gasteiger partial charge < -0.3 is 15.8 Å². The zero-order valence-electron chi connectivity index (χ0n) is 10.4. The van der Waals surface area contributed by atoms with E-state index in [1.165, 1.54) is 25.3 Å². The van der Waals surface area contributed by atoms with Crippen molar-refractivity contribution < 1.29 is 14.5 Å². The second-order valence-electron chi connectivity index (χ2n) is 3.54. The number of carbonyl (C=O) groups is 1. The molecule has 3 N–H and O–H groups in total. The summed E-state index contributed by atoms with van der Waals surface area (Å²) in [5.41, 5.74) is 5.03. The van der Waals surface area contributed by atoms with Crippen LogP contribution in [0.25, 0.3) is 0 Å². The van der Waals surface area contributed by atoms with Gasteiger partial charge in [-0.05, 0) is 25.1 Å². The van der Waals surface area contributed by atoms with Crippen molar-refractivity contribution in [2.45, 2.75) is 6.42 Å². The minimum atomic E-state index is -0.600. The molecule has 1 aromatic carbocycles. The molecule has 0 aliphatic rings. The minimum Gasteiger partial charge on any atom is -0.497 e. The lowest BCUT2D eigenvalue weighted by molar-refractivity contribution is -0.385. The summed E-state index contributed by atoms with van der Waals surface area (Å²) >= 11 is 0. The molecule has 0 heterocycles. The van der Waals surface area contributed by atoms with Crippen LogP contribution in [0.4, 0.5) is 5.69 Å². The van der Waals surface area contributed by atoms with Crippen LogP contribution < -0.4 is 15.8 Å². The Morgan fingerprint density at radius 3 is 2.74 bits per heavy atom. The highest BCUT2D eigenvalue weighted by atomic mass is 35.5. The first-order chi connectivity index (χ1) is 8.60. The molecule has 1 rings (SSSR count). The van der Waals surface area contributed by atoms with Crippen molar-refractivity contribution in [1.82, 2.24) is 5.32 Å². The Bertz CT molecular complexity index is 454. The van der Waals surface area contributed by atoms with E-state index in [1.54, 1.807) is 0 Å². The minimum absolute atomic E-state index is 0. The van der Waals surface area contributed by atoms with Crippen molar-refractivity contribution in [3.63, 3.8) is 0 Å². The molecule has 0 aromatic heterocycles. The molecule has 19 heavy (non-hydrogen) atoms. The quantitative estimate of drug-likeness (QED) is 0.463. The molecular weight excluding hydrogens is 274 g/mol. The molecule has 0 fully saturated rings. The number of nitrogens with two attached hydrogens (primary N) is 1. The van der Waals surface area contributed by atoms with E-state index in [1.807, 2.05) is 0 Å². The highest BCUT2D eigenvalue weighted by molar-refractivity contribution is 5.98. The molecule has 7 nitrogen and oxygen atoms in total. The maximum Gasteiger partial charge on any atom is 0.282 e. The maximum absolute atomic E-state index is 11.8. The van der Waals surface area contributed by atoms with Gasteiger partial charge in [-0.25, -0.2) is 0 Å². The SMILES string of the molecule is COc1ccc([N+](=O)[O-])c(C(=O)NCCCN)c1.Cl. The van der Waals surface area contributed by atoms with Gasteiger partial charge in [0.05, 0.1) is 12.0 Å². The number of hydrogen-bond donors (Lipinski definition) is 2. The van der Waals surface area contributed by atoms with Gasteiger partial charge in [0.1, 0.15) is 11.3 Å². The van der Waals surface area contributed by atoms with E-state index in [2.05, 4.69) is 5.32 Å². The van der Waals surface area contributed by atoms with Gasteiger partial charge >= 0.3 is 0 Å². The number of nitrogens with one attached hydrogen (secondary N) is 1. The molecule has 0 saturated heterocycles. The first-order valence-electron chi connectivity index (χ1n) is 5.41. The number of nitro groups is 1. The van der Waals surface area contributed by atoms with Gasteiger partial charge in [-0.1, -0.05) is 0 Å². The second-order valence-corrected chi connectivity index (χ2v) is 3.54. The van der Waals surface area contributed by atoms with Crippen LogP contribution in [-0.2, 0) is 0 Å². The molecule has 0 unspecified atom stereocenters. The zero-order valence-corrected chi connectivity index (χ0v) is 11.2. The number of rotatable bonds is 6. The zero-order chi connectivity index (χ0) is 13.5. The summed E-state index contributed by atoms with van der Waals surface area (Å²) < 4.78 is 4.94. The van der Waals surface area contributed by atoms with Crippen molar-refractivity contribution >= 4 is 24.0 Å². The molecule has 1 amide bonds.